The molecular formula is C15H25N3O. The molecule has 0 radical (unpaired) electrons. The van der Waals surface area contributed by atoms with Gasteiger partial charge in [-0.15, -0.1) is 0 Å². The lowest BCUT2D eigenvalue weighted by Gasteiger charge is -2.30. The predicted octanol–water partition coefficient (Wildman–Crippen LogP) is 2.56. The molecule has 0 saturated heterocycles. The number of aliphatic hydroxyl groups excluding tert-OH is 1. The number of aryl methyl sites for hydroxylation is 2. The molecule has 0 aromatic carbocycles. The number of nitrogens with one attached hydrogen (secondary N) is 1. The average molecular weight is 263 g/mol. The molecular weight excluding hydrogens is 238 g/mol. The fourth-order valence-electron chi connectivity index (χ4n) is 2.93. The van der Waals surface area contributed by atoms with Gasteiger partial charge in [-0.25, -0.2) is 9.97 Å². The summed E-state index contributed by atoms with van der Waals surface area (Å²) in [6.45, 7) is 5.26. The largest absolute Gasteiger partial charge is 0.396 e. The third-order valence-electron chi connectivity index (χ3n) is 4.10. The Balaban J connectivity index is 1.95. The van der Waals surface area contributed by atoms with Crippen LogP contribution in [-0.4, -0.2) is 28.2 Å². The van der Waals surface area contributed by atoms with Crippen LogP contribution in [0.1, 0.15) is 44.1 Å². The van der Waals surface area contributed by atoms with Crippen molar-refractivity contribution in [1.82, 2.24) is 9.97 Å². The predicted molar refractivity (Wildman–Crippen MR) is 77.2 cm³/mol. The van der Waals surface area contributed by atoms with E-state index in [4.69, 9.17) is 0 Å². The third kappa shape index (κ3) is 3.90. The van der Waals surface area contributed by atoms with Crippen LogP contribution in [0, 0.1) is 18.8 Å². The Morgan fingerprint density at radius 2 is 2.00 bits per heavy atom. The van der Waals surface area contributed by atoms with Crippen molar-refractivity contribution < 1.29 is 5.11 Å². The summed E-state index contributed by atoms with van der Waals surface area (Å²) in [5, 5.41) is 12.9. The number of aromatic nitrogens is 2. The van der Waals surface area contributed by atoms with Crippen LogP contribution in [0.3, 0.4) is 0 Å². The molecule has 0 aliphatic heterocycles. The van der Waals surface area contributed by atoms with Gasteiger partial charge in [0.2, 0.25) is 0 Å². The van der Waals surface area contributed by atoms with Crippen LogP contribution in [-0.2, 0) is 6.42 Å². The minimum Gasteiger partial charge on any atom is -0.396 e. The number of hydrogen-bond acceptors (Lipinski definition) is 4. The van der Waals surface area contributed by atoms with E-state index in [1.54, 1.807) is 0 Å². The first-order valence-corrected chi connectivity index (χ1v) is 7.42. The van der Waals surface area contributed by atoms with Crippen molar-refractivity contribution in [2.45, 2.75) is 46.0 Å². The van der Waals surface area contributed by atoms with Crippen LogP contribution in [0.4, 0.5) is 5.82 Å². The fraction of sp³-hybridized carbons (Fsp3) is 0.733. The Kier molecular flexibility index (Phi) is 5.14. The van der Waals surface area contributed by atoms with E-state index in [1.807, 2.05) is 13.0 Å². The molecule has 1 aromatic heterocycles. The zero-order valence-electron chi connectivity index (χ0n) is 12.0. The van der Waals surface area contributed by atoms with Crippen LogP contribution < -0.4 is 5.32 Å². The lowest BCUT2D eigenvalue weighted by atomic mass is 9.79. The molecule has 2 N–H and O–H groups in total. The monoisotopic (exact) mass is 263 g/mol. The maximum Gasteiger partial charge on any atom is 0.129 e. The van der Waals surface area contributed by atoms with E-state index in [-0.39, 0.29) is 0 Å². The van der Waals surface area contributed by atoms with Gasteiger partial charge in [0.1, 0.15) is 11.6 Å². The molecule has 1 aliphatic rings. The zero-order chi connectivity index (χ0) is 13.7. The van der Waals surface area contributed by atoms with Gasteiger partial charge in [0.15, 0.2) is 0 Å². The standard InChI is InChI=1S/C15H25N3O/c1-3-14-8-15(18-11(2)17-14)16-9-12-6-4-5-7-13(12)10-19/h8,12-13,19H,3-7,9-10H2,1-2H3,(H,16,17,18). The van der Waals surface area contributed by atoms with Crippen LogP contribution in [0.5, 0.6) is 0 Å². The lowest BCUT2D eigenvalue weighted by Crippen LogP contribution is -2.28. The normalized spacial score (nSPS) is 23.3. The Hall–Kier alpha value is -1.16. The van der Waals surface area contributed by atoms with Crippen molar-refractivity contribution in [3.63, 3.8) is 0 Å². The van der Waals surface area contributed by atoms with E-state index in [9.17, 15) is 5.11 Å². The molecule has 0 amide bonds. The molecule has 1 aliphatic carbocycles. The van der Waals surface area contributed by atoms with Gasteiger partial charge < -0.3 is 10.4 Å². The molecule has 4 nitrogen and oxygen atoms in total. The van der Waals surface area contributed by atoms with E-state index in [1.165, 1.54) is 19.3 Å². The summed E-state index contributed by atoms with van der Waals surface area (Å²) >= 11 is 0. The Morgan fingerprint density at radius 1 is 1.26 bits per heavy atom. The summed E-state index contributed by atoms with van der Waals surface area (Å²) in [6.07, 6.45) is 5.84. The Bertz CT molecular complexity index is 408. The summed E-state index contributed by atoms with van der Waals surface area (Å²) in [5.74, 6) is 2.77. The molecule has 2 atom stereocenters. The quantitative estimate of drug-likeness (QED) is 0.857. The highest BCUT2D eigenvalue weighted by atomic mass is 16.3. The highest BCUT2D eigenvalue weighted by molar-refractivity contribution is 5.36. The van der Waals surface area contributed by atoms with Crippen molar-refractivity contribution in [3.05, 3.63) is 17.6 Å². The number of hydrogen-bond donors (Lipinski definition) is 2. The fourth-order valence-corrected chi connectivity index (χ4v) is 2.93. The van der Waals surface area contributed by atoms with Crippen LogP contribution in [0.15, 0.2) is 6.07 Å². The first-order valence-electron chi connectivity index (χ1n) is 7.42. The van der Waals surface area contributed by atoms with E-state index in [0.29, 0.717) is 18.4 Å². The van der Waals surface area contributed by atoms with Gasteiger partial charge in [0.05, 0.1) is 0 Å². The maximum atomic E-state index is 9.43. The number of rotatable bonds is 5. The molecule has 4 heteroatoms. The molecule has 19 heavy (non-hydrogen) atoms. The second-order valence-electron chi connectivity index (χ2n) is 5.51. The van der Waals surface area contributed by atoms with Gasteiger partial charge in [-0.2, -0.15) is 0 Å². The maximum absolute atomic E-state index is 9.43. The van der Waals surface area contributed by atoms with Gasteiger partial charge in [0, 0.05) is 24.9 Å². The molecule has 0 bridgehead atoms. The minimum atomic E-state index is 0.315. The lowest BCUT2D eigenvalue weighted by molar-refractivity contribution is 0.141. The van der Waals surface area contributed by atoms with E-state index < -0.39 is 0 Å². The molecule has 2 unspecified atom stereocenters. The smallest absolute Gasteiger partial charge is 0.129 e. The Morgan fingerprint density at radius 3 is 2.68 bits per heavy atom. The second-order valence-corrected chi connectivity index (χ2v) is 5.51. The highest BCUT2D eigenvalue weighted by Gasteiger charge is 2.24. The summed E-state index contributed by atoms with van der Waals surface area (Å²) in [4.78, 5) is 8.82. The summed E-state index contributed by atoms with van der Waals surface area (Å²) in [5.41, 5.74) is 1.08. The van der Waals surface area contributed by atoms with Gasteiger partial charge in [-0.3, -0.25) is 0 Å². The van der Waals surface area contributed by atoms with Crippen LogP contribution in [0.2, 0.25) is 0 Å². The van der Waals surface area contributed by atoms with Gasteiger partial charge in [-0.05, 0) is 38.0 Å². The average Bonchev–Trinajstić information content (AvgIpc) is 2.44. The van der Waals surface area contributed by atoms with E-state index >= 15 is 0 Å². The number of anilines is 1. The molecule has 2 rings (SSSR count). The van der Waals surface area contributed by atoms with Crippen molar-refractivity contribution >= 4 is 5.82 Å². The topological polar surface area (TPSA) is 58.0 Å². The van der Waals surface area contributed by atoms with Gasteiger partial charge >= 0.3 is 0 Å². The summed E-state index contributed by atoms with van der Waals surface area (Å²) in [6, 6.07) is 2.03. The van der Waals surface area contributed by atoms with Gasteiger partial charge in [-0.1, -0.05) is 19.8 Å². The van der Waals surface area contributed by atoms with E-state index in [0.717, 1.165) is 36.7 Å². The zero-order valence-corrected chi connectivity index (χ0v) is 12.0. The van der Waals surface area contributed by atoms with Crippen LogP contribution in [0.25, 0.3) is 0 Å². The van der Waals surface area contributed by atoms with Crippen molar-refractivity contribution in [2.24, 2.45) is 11.8 Å². The number of aliphatic hydroxyl groups is 1. The van der Waals surface area contributed by atoms with Crippen molar-refractivity contribution in [1.29, 1.82) is 0 Å². The third-order valence-corrected chi connectivity index (χ3v) is 4.10. The van der Waals surface area contributed by atoms with Crippen molar-refractivity contribution in [2.75, 3.05) is 18.5 Å². The minimum absolute atomic E-state index is 0.315. The van der Waals surface area contributed by atoms with E-state index in [2.05, 4.69) is 22.2 Å². The first kappa shape index (κ1) is 14.3. The highest BCUT2D eigenvalue weighted by Crippen LogP contribution is 2.29. The van der Waals surface area contributed by atoms with Gasteiger partial charge in [0.25, 0.3) is 0 Å². The first-order chi connectivity index (χ1) is 9.22. The van der Waals surface area contributed by atoms with Crippen molar-refractivity contribution in [3.8, 4) is 0 Å². The molecule has 1 heterocycles. The molecule has 1 fully saturated rings. The van der Waals surface area contributed by atoms with Crippen LogP contribution >= 0.6 is 0 Å². The number of nitrogens with zero attached hydrogens (tertiary/aromatic N) is 2. The molecule has 0 spiro atoms. The molecule has 1 saturated carbocycles. The Labute approximate surface area is 115 Å². The molecule has 1 aromatic rings. The molecule has 106 valence electrons. The SMILES string of the molecule is CCc1cc(NCC2CCCCC2CO)nc(C)n1. The summed E-state index contributed by atoms with van der Waals surface area (Å²) in [7, 11) is 0. The second kappa shape index (κ2) is 6.85. The summed E-state index contributed by atoms with van der Waals surface area (Å²) < 4.78 is 0.